The van der Waals surface area contributed by atoms with Gasteiger partial charge in [0.05, 0.1) is 0 Å². The summed E-state index contributed by atoms with van der Waals surface area (Å²) in [5.41, 5.74) is 1.76. The van der Waals surface area contributed by atoms with Crippen LogP contribution < -0.4 is 11.2 Å². The Morgan fingerprint density at radius 3 is 2.82 bits per heavy atom. The van der Waals surface area contributed by atoms with E-state index in [-0.39, 0.29) is 18.0 Å². The lowest BCUT2D eigenvalue weighted by Crippen LogP contribution is -2.46. The molecule has 1 N–H and O–H groups in total. The summed E-state index contributed by atoms with van der Waals surface area (Å²) < 4.78 is 2.12. The lowest BCUT2D eigenvalue weighted by Gasteiger charge is -2.27. The summed E-state index contributed by atoms with van der Waals surface area (Å²) in [5, 5.41) is 10.2. The molecule has 0 saturated heterocycles. The number of fused-ring (bicyclic) bond motifs is 3. The number of nitrogens with one attached hydrogen (secondary N) is 1. The molecule has 0 fully saturated rings. The topological polar surface area (TPSA) is 104 Å². The molecule has 0 radical (unpaired) electrons. The van der Waals surface area contributed by atoms with Gasteiger partial charge in [-0.25, -0.2) is 9.36 Å². The second-order valence-corrected chi connectivity index (χ2v) is 6.81. The van der Waals surface area contributed by atoms with Crippen LogP contribution in [0.4, 0.5) is 0 Å². The highest BCUT2D eigenvalue weighted by Crippen LogP contribution is 2.27. The van der Waals surface area contributed by atoms with Gasteiger partial charge in [0.1, 0.15) is 18.2 Å². The Labute approximate surface area is 160 Å². The zero-order valence-electron chi connectivity index (χ0n) is 15.4. The van der Waals surface area contributed by atoms with Crippen molar-refractivity contribution in [2.45, 2.75) is 33.0 Å². The van der Waals surface area contributed by atoms with E-state index in [2.05, 4.69) is 4.98 Å². The number of nitriles is 1. The molecule has 0 bridgehead atoms. The van der Waals surface area contributed by atoms with E-state index in [1.165, 1.54) is 10.8 Å². The molecule has 8 nitrogen and oxygen atoms in total. The number of carbonyl (C=O) groups is 1. The maximum atomic E-state index is 12.9. The number of carbonyl (C=O) groups excluding carboxylic acids is 1. The first kappa shape index (κ1) is 17.8. The summed E-state index contributed by atoms with van der Waals surface area (Å²) in [7, 11) is 0. The van der Waals surface area contributed by atoms with Crippen LogP contribution in [0.1, 0.15) is 23.7 Å². The number of H-pyrrole nitrogens is 1. The number of aromatic amines is 1. The van der Waals surface area contributed by atoms with Gasteiger partial charge in [0.25, 0.3) is 5.56 Å². The predicted molar refractivity (Wildman–Crippen MR) is 103 cm³/mol. The SMILES string of the molecule is CCn1cc(C#N)c(=O)n(CC(=O)N2CCc3[nH]c4ccccc4c3C2)c1=O. The van der Waals surface area contributed by atoms with Crippen LogP contribution in [0.15, 0.2) is 40.1 Å². The highest BCUT2D eigenvalue weighted by molar-refractivity contribution is 5.86. The van der Waals surface area contributed by atoms with E-state index < -0.39 is 11.2 Å². The molecule has 1 aliphatic heterocycles. The van der Waals surface area contributed by atoms with E-state index in [1.54, 1.807) is 17.9 Å². The molecule has 1 amide bonds. The Morgan fingerprint density at radius 1 is 1.29 bits per heavy atom. The number of benzene rings is 1. The van der Waals surface area contributed by atoms with Crippen molar-refractivity contribution < 1.29 is 4.79 Å². The van der Waals surface area contributed by atoms with Gasteiger partial charge in [-0.05, 0) is 13.0 Å². The van der Waals surface area contributed by atoms with E-state index >= 15 is 0 Å². The predicted octanol–water partition coefficient (Wildman–Crippen LogP) is 0.968. The molecule has 3 heterocycles. The molecule has 2 aromatic heterocycles. The minimum Gasteiger partial charge on any atom is -0.358 e. The van der Waals surface area contributed by atoms with Crippen LogP contribution >= 0.6 is 0 Å². The van der Waals surface area contributed by atoms with Crippen LogP contribution in [0.25, 0.3) is 10.9 Å². The lowest BCUT2D eigenvalue weighted by molar-refractivity contribution is -0.132. The van der Waals surface area contributed by atoms with E-state index in [4.69, 9.17) is 5.26 Å². The van der Waals surface area contributed by atoms with Crippen LogP contribution in [0.2, 0.25) is 0 Å². The molecule has 0 aliphatic carbocycles. The molecule has 4 rings (SSSR count). The van der Waals surface area contributed by atoms with Gasteiger partial charge in [-0.3, -0.25) is 14.2 Å². The fourth-order valence-corrected chi connectivity index (χ4v) is 3.71. The molecule has 1 aliphatic rings. The molecule has 1 aromatic carbocycles. The standard InChI is InChI=1S/C20H19N5O3/c1-2-23-10-13(9-21)19(27)25(20(23)28)12-18(26)24-8-7-17-15(11-24)14-5-3-4-6-16(14)22-17/h3-6,10,22H,2,7-8,11-12H2,1H3. The molecule has 0 unspecified atom stereocenters. The fraction of sp³-hybridized carbons (Fsp3) is 0.300. The summed E-state index contributed by atoms with van der Waals surface area (Å²) in [5.74, 6) is -0.312. The van der Waals surface area contributed by atoms with E-state index in [1.807, 2.05) is 24.3 Å². The Balaban J connectivity index is 1.65. The molecule has 0 atom stereocenters. The van der Waals surface area contributed by atoms with Crippen molar-refractivity contribution in [1.82, 2.24) is 19.0 Å². The molecular weight excluding hydrogens is 358 g/mol. The quantitative estimate of drug-likeness (QED) is 0.734. The number of nitrogens with zero attached hydrogens (tertiary/aromatic N) is 4. The second-order valence-electron chi connectivity index (χ2n) is 6.81. The van der Waals surface area contributed by atoms with Crippen molar-refractivity contribution in [3.8, 4) is 6.07 Å². The lowest BCUT2D eigenvalue weighted by atomic mass is 10.0. The first-order valence-corrected chi connectivity index (χ1v) is 9.14. The minimum absolute atomic E-state index is 0.146. The van der Waals surface area contributed by atoms with Gasteiger partial charge in [-0.1, -0.05) is 18.2 Å². The maximum Gasteiger partial charge on any atom is 0.331 e. The van der Waals surface area contributed by atoms with Gasteiger partial charge in [-0.15, -0.1) is 0 Å². The molecule has 3 aromatic rings. The highest BCUT2D eigenvalue weighted by Gasteiger charge is 2.25. The zero-order chi connectivity index (χ0) is 19.8. The number of aryl methyl sites for hydroxylation is 1. The molecule has 142 valence electrons. The number of hydrogen-bond acceptors (Lipinski definition) is 4. The third kappa shape index (κ3) is 2.81. The van der Waals surface area contributed by atoms with Crippen molar-refractivity contribution in [1.29, 1.82) is 5.26 Å². The van der Waals surface area contributed by atoms with E-state index in [9.17, 15) is 14.4 Å². The second kappa shape index (κ2) is 6.85. The summed E-state index contributed by atoms with van der Waals surface area (Å²) in [6, 6.07) is 9.73. The zero-order valence-corrected chi connectivity index (χ0v) is 15.4. The number of amides is 1. The van der Waals surface area contributed by atoms with Gasteiger partial charge >= 0.3 is 5.69 Å². The minimum atomic E-state index is -0.727. The van der Waals surface area contributed by atoms with Gasteiger partial charge in [0.15, 0.2) is 0 Å². The van der Waals surface area contributed by atoms with Crippen molar-refractivity contribution >= 4 is 16.8 Å². The van der Waals surface area contributed by atoms with Crippen molar-refractivity contribution in [2.24, 2.45) is 0 Å². The molecular formula is C20H19N5O3. The first-order valence-electron chi connectivity index (χ1n) is 9.14. The Morgan fingerprint density at radius 2 is 2.07 bits per heavy atom. The smallest absolute Gasteiger partial charge is 0.331 e. The fourth-order valence-electron chi connectivity index (χ4n) is 3.71. The monoisotopic (exact) mass is 377 g/mol. The summed E-state index contributed by atoms with van der Waals surface area (Å²) in [6.45, 7) is 2.61. The van der Waals surface area contributed by atoms with Crippen molar-refractivity contribution in [3.05, 3.63) is 68.1 Å². The molecule has 28 heavy (non-hydrogen) atoms. The van der Waals surface area contributed by atoms with Crippen LogP contribution in [0.3, 0.4) is 0 Å². The van der Waals surface area contributed by atoms with Gasteiger partial charge in [-0.2, -0.15) is 5.26 Å². The van der Waals surface area contributed by atoms with Gasteiger partial charge < -0.3 is 9.88 Å². The summed E-state index contributed by atoms with van der Waals surface area (Å²) in [4.78, 5) is 42.8. The van der Waals surface area contributed by atoms with Crippen molar-refractivity contribution in [2.75, 3.05) is 6.54 Å². The third-order valence-electron chi connectivity index (χ3n) is 5.23. The van der Waals surface area contributed by atoms with Gasteiger partial charge in [0, 0.05) is 54.4 Å². The molecule has 0 saturated carbocycles. The number of aromatic nitrogens is 3. The average Bonchev–Trinajstić information content (AvgIpc) is 3.09. The number of para-hydroxylation sites is 1. The van der Waals surface area contributed by atoms with Crippen LogP contribution in [-0.4, -0.2) is 31.5 Å². The number of rotatable bonds is 3. The number of hydrogen-bond donors (Lipinski definition) is 1. The summed E-state index contributed by atoms with van der Waals surface area (Å²) >= 11 is 0. The van der Waals surface area contributed by atoms with Crippen LogP contribution in [-0.2, 0) is 30.8 Å². The van der Waals surface area contributed by atoms with Gasteiger partial charge in [0.2, 0.25) is 5.91 Å². The Kier molecular flexibility index (Phi) is 4.35. The van der Waals surface area contributed by atoms with Crippen LogP contribution in [0, 0.1) is 11.3 Å². The van der Waals surface area contributed by atoms with E-state index in [0.717, 1.165) is 26.7 Å². The first-order chi connectivity index (χ1) is 13.5. The molecule has 0 spiro atoms. The average molecular weight is 377 g/mol. The largest absolute Gasteiger partial charge is 0.358 e. The highest BCUT2D eigenvalue weighted by atomic mass is 16.2. The van der Waals surface area contributed by atoms with E-state index in [0.29, 0.717) is 26.1 Å². The maximum absolute atomic E-state index is 12.9. The Bertz CT molecular complexity index is 1240. The van der Waals surface area contributed by atoms with Crippen LogP contribution in [0.5, 0.6) is 0 Å². The Hall–Kier alpha value is -3.60. The molecule has 8 heteroatoms. The normalized spacial score (nSPS) is 13.4. The summed E-state index contributed by atoms with van der Waals surface area (Å²) in [6.07, 6.45) is 1.92. The van der Waals surface area contributed by atoms with Crippen molar-refractivity contribution in [3.63, 3.8) is 0 Å². The third-order valence-corrected chi connectivity index (χ3v) is 5.23.